The zero-order valence-corrected chi connectivity index (χ0v) is 18.7. The van der Waals surface area contributed by atoms with Gasteiger partial charge in [-0.15, -0.1) is 11.6 Å². The lowest BCUT2D eigenvalue weighted by molar-refractivity contribution is -0.204. The van der Waals surface area contributed by atoms with Crippen LogP contribution >= 0.6 is 11.6 Å². The second kappa shape index (κ2) is 8.45. The normalized spacial score (nSPS) is 20.3. The Bertz CT molecular complexity index is 1140. The first-order chi connectivity index (χ1) is 15.6. The van der Waals surface area contributed by atoms with Crippen molar-refractivity contribution in [1.29, 1.82) is 0 Å². The van der Waals surface area contributed by atoms with E-state index in [2.05, 4.69) is 11.8 Å². The third kappa shape index (κ3) is 3.99. The van der Waals surface area contributed by atoms with Crippen molar-refractivity contribution in [1.82, 2.24) is 4.90 Å². The molecule has 9 heteroatoms. The molecule has 2 amide bonds. The van der Waals surface area contributed by atoms with E-state index in [1.54, 1.807) is 24.3 Å². The van der Waals surface area contributed by atoms with E-state index in [0.29, 0.717) is 29.1 Å². The molecule has 0 bridgehead atoms. The Morgan fingerprint density at radius 3 is 2.42 bits per heavy atom. The van der Waals surface area contributed by atoms with E-state index in [4.69, 9.17) is 16.3 Å². The molecule has 4 rings (SSSR count). The topological polar surface area (TPSA) is 32.8 Å². The molecule has 0 unspecified atom stereocenters. The number of anilines is 1. The second-order valence-corrected chi connectivity index (χ2v) is 8.39. The molecule has 174 valence electrons. The lowest BCUT2D eigenvalue weighted by Gasteiger charge is -2.47. The highest BCUT2D eigenvalue weighted by Gasteiger charge is 2.64. The summed E-state index contributed by atoms with van der Waals surface area (Å²) in [6.07, 6.45) is -3.56. The number of hydrogen-bond acceptors (Lipinski definition) is 2. The molecule has 33 heavy (non-hydrogen) atoms. The Morgan fingerprint density at radius 2 is 1.88 bits per heavy atom. The lowest BCUT2D eigenvalue weighted by Crippen LogP contribution is -2.62. The van der Waals surface area contributed by atoms with Crippen LogP contribution < -0.4 is 9.64 Å². The van der Waals surface area contributed by atoms with Crippen LogP contribution in [-0.2, 0) is 18.0 Å². The Morgan fingerprint density at radius 1 is 1.21 bits per heavy atom. The van der Waals surface area contributed by atoms with Gasteiger partial charge in [-0.1, -0.05) is 24.0 Å². The first-order valence-electron chi connectivity index (χ1n) is 10.3. The molecule has 0 radical (unpaired) electrons. The van der Waals surface area contributed by atoms with Crippen LogP contribution in [0.5, 0.6) is 5.75 Å². The van der Waals surface area contributed by atoms with Crippen LogP contribution in [0.15, 0.2) is 36.4 Å². The molecule has 1 atom stereocenters. The third-order valence-corrected chi connectivity index (χ3v) is 6.24. The smallest absolute Gasteiger partial charge is 0.427 e. The zero-order chi connectivity index (χ0) is 24.0. The highest BCUT2D eigenvalue weighted by atomic mass is 35.5. The summed E-state index contributed by atoms with van der Waals surface area (Å²) in [4.78, 5) is 15.1. The molecule has 1 aliphatic carbocycles. The molecule has 0 N–H and O–H groups in total. The van der Waals surface area contributed by atoms with Gasteiger partial charge >= 0.3 is 12.2 Å². The van der Waals surface area contributed by atoms with Gasteiger partial charge < -0.3 is 4.74 Å². The minimum absolute atomic E-state index is 0.00118. The number of nitrogens with zero attached hydrogens (tertiary/aromatic N) is 2. The number of fused-ring (bicyclic) bond motifs is 1. The van der Waals surface area contributed by atoms with Gasteiger partial charge in [0.25, 0.3) is 0 Å². The fraction of sp³-hybridized carbons (Fsp3) is 0.375. The van der Waals surface area contributed by atoms with Gasteiger partial charge in [0.1, 0.15) is 11.6 Å². The van der Waals surface area contributed by atoms with Crippen LogP contribution in [0, 0.1) is 23.6 Å². The van der Waals surface area contributed by atoms with E-state index in [9.17, 15) is 22.4 Å². The van der Waals surface area contributed by atoms with E-state index in [1.807, 2.05) is 0 Å². The van der Waals surface area contributed by atoms with Gasteiger partial charge in [-0.25, -0.2) is 9.18 Å². The number of amides is 2. The van der Waals surface area contributed by atoms with Crippen molar-refractivity contribution in [3.8, 4) is 17.6 Å². The minimum atomic E-state index is -4.96. The zero-order valence-electron chi connectivity index (χ0n) is 18.0. The van der Waals surface area contributed by atoms with Crippen LogP contribution in [0.4, 0.5) is 28.0 Å². The number of ether oxygens (including phenoxy) is 1. The molecule has 4 nitrogen and oxygen atoms in total. The van der Waals surface area contributed by atoms with Gasteiger partial charge in [-0.05, 0) is 42.7 Å². The fourth-order valence-electron chi connectivity index (χ4n) is 3.89. The first-order valence-corrected chi connectivity index (χ1v) is 10.8. The largest absolute Gasteiger partial charge is 0.497 e. The van der Waals surface area contributed by atoms with E-state index in [0.717, 1.165) is 13.1 Å². The van der Waals surface area contributed by atoms with Crippen LogP contribution in [0.25, 0.3) is 0 Å². The molecule has 2 aromatic carbocycles. The van der Waals surface area contributed by atoms with Gasteiger partial charge in [0.15, 0.2) is 0 Å². The monoisotopic (exact) mass is 480 g/mol. The Kier molecular flexibility index (Phi) is 5.95. The molecule has 1 heterocycles. The Balaban J connectivity index is 1.91. The number of methoxy groups -OCH3 is 1. The summed E-state index contributed by atoms with van der Waals surface area (Å²) in [5.74, 6) is 4.28. The second-order valence-electron chi connectivity index (χ2n) is 8.12. The predicted octanol–water partition coefficient (Wildman–Crippen LogP) is 5.82. The molecule has 0 saturated heterocycles. The first kappa shape index (κ1) is 23.2. The number of rotatable bonds is 4. The van der Waals surface area contributed by atoms with Crippen molar-refractivity contribution in [3.63, 3.8) is 0 Å². The number of halogens is 5. The van der Waals surface area contributed by atoms with E-state index in [-0.39, 0.29) is 29.6 Å². The molecule has 2 aliphatic rings. The fourth-order valence-corrected chi connectivity index (χ4v) is 4.10. The summed E-state index contributed by atoms with van der Waals surface area (Å²) in [6.45, 7) is -0.0302. The molecule has 1 aliphatic heterocycles. The number of alkyl halides is 4. The quantitative estimate of drug-likeness (QED) is 0.314. The molecular weight excluding hydrogens is 460 g/mol. The van der Waals surface area contributed by atoms with E-state index < -0.39 is 29.1 Å². The SMILES string of the molecule is COc1ccc(CN2C(=O)N(C)[C@](C#CC3CC3)(C(F)(F)F)c3cc(F)c(CCl)cc32)cc1. The summed E-state index contributed by atoms with van der Waals surface area (Å²) in [5, 5.41) is 0. The summed E-state index contributed by atoms with van der Waals surface area (Å²) >= 11 is 5.84. The highest BCUT2D eigenvalue weighted by Crippen LogP contribution is 2.51. The van der Waals surface area contributed by atoms with Gasteiger partial charge in [0, 0.05) is 24.1 Å². The molecular formula is C24H21ClF4N2O2. The van der Waals surface area contributed by atoms with Crippen molar-refractivity contribution in [2.24, 2.45) is 5.92 Å². The van der Waals surface area contributed by atoms with Crippen LogP contribution in [0.3, 0.4) is 0 Å². The van der Waals surface area contributed by atoms with Crippen LogP contribution in [-0.4, -0.2) is 31.3 Å². The summed E-state index contributed by atoms with van der Waals surface area (Å²) in [5.41, 5.74) is -2.80. The summed E-state index contributed by atoms with van der Waals surface area (Å²) in [7, 11) is 2.56. The van der Waals surface area contributed by atoms with Gasteiger partial charge in [-0.2, -0.15) is 13.2 Å². The Hall–Kier alpha value is -2.92. The Labute approximate surface area is 194 Å². The van der Waals surface area contributed by atoms with E-state index >= 15 is 0 Å². The molecule has 0 aromatic heterocycles. The molecule has 2 aromatic rings. The van der Waals surface area contributed by atoms with Crippen molar-refractivity contribution < 1.29 is 27.1 Å². The summed E-state index contributed by atoms with van der Waals surface area (Å²) < 4.78 is 63.8. The predicted molar refractivity (Wildman–Crippen MR) is 117 cm³/mol. The van der Waals surface area contributed by atoms with E-state index in [1.165, 1.54) is 18.1 Å². The van der Waals surface area contributed by atoms with Crippen molar-refractivity contribution in [2.75, 3.05) is 19.1 Å². The average Bonchev–Trinajstić information content (AvgIpc) is 3.61. The third-order valence-electron chi connectivity index (χ3n) is 5.95. The number of benzene rings is 2. The van der Waals surface area contributed by atoms with Gasteiger partial charge in [0.2, 0.25) is 5.54 Å². The number of urea groups is 1. The maximum absolute atomic E-state index is 14.7. The standard InChI is InChI=1S/C24H21ClF4N2O2/c1-30-22(32)31(14-16-5-7-18(33-2)8-6-16)21-11-17(13-25)20(26)12-19(21)23(30,24(27,28)29)10-9-15-3-4-15/h5-8,11-12,15H,3-4,13-14H2,1-2H3/t23-/m0/s1. The van der Waals surface area contributed by atoms with Crippen molar-refractivity contribution in [3.05, 3.63) is 58.9 Å². The highest BCUT2D eigenvalue weighted by molar-refractivity contribution is 6.17. The molecule has 1 fully saturated rings. The van der Waals surface area contributed by atoms with Crippen LogP contribution in [0.1, 0.15) is 29.5 Å². The number of carbonyl (C=O) groups excluding carboxylic acids is 1. The minimum Gasteiger partial charge on any atom is -0.497 e. The van der Waals surface area contributed by atoms with Gasteiger partial charge in [-0.3, -0.25) is 9.80 Å². The number of carbonyl (C=O) groups is 1. The maximum Gasteiger partial charge on any atom is 0.427 e. The van der Waals surface area contributed by atoms with Crippen LogP contribution in [0.2, 0.25) is 0 Å². The maximum atomic E-state index is 14.7. The molecule has 0 spiro atoms. The molecule has 1 saturated carbocycles. The lowest BCUT2D eigenvalue weighted by atomic mass is 9.83. The van der Waals surface area contributed by atoms with Gasteiger partial charge in [0.05, 0.1) is 25.2 Å². The van der Waals surface area contributed by atoms with Crippen molar-refractivity contribution in [2.45, 2.75) is 37.0 Å². The van der Waals surface area contributed by atoms with Crippen molar-refractivity contribution >= 4 is 23.3 Å². The average molecular weight is 481 g/mol. The number of hydrogen-bond donors (Lipinski definition) is 0. The summed E-state index contributed by atoms with van der Waals surface area (Å²) in [6, 6.07) is 7.91.